The zero-order valence-electron chi connectivity index (χ0n) is 18.7. The first-order valence-electron chi connectivity index (χ1n) is 10.3. The molecule has 0 saturated carbocycles. The zero-order chi connectivity index (χ0) is 24.9. The maximum absolute atomic E-state index is 13.3. The Bertz CT molecular complexity index is 1290. The van der Waals surface area contributed by atoms with Crippen molar-refractivity contribution in [3.05, 3.63) is 82.9 Å². The van der Waals surface area contributed by atoms with Gasteiger partial charge >= 0.3 is 0 Å². The summed E-state index contributed by atoms with van der Waals surface area (Å²) in [5.41, 5.74) is 8.31. The van der Waals surface area contributed by atoms with E-state index in [-0.39, 0.29) is 29.5 Å². The number of carbonyl (C=O) groups excluding carboxylic acids is 1. The smallest absolute Gasteiger partial charge is 0.265 e. The monoisotopic (exact) mass is 489 g/mol. The molecular formula is C24H25F2N3O4S. The standard InChI is InChI=1S/C24H25F2N3O4S/c1-15-9-20(27)5-6-21(15)29-34(31,32)23-7-3-16(12-22(23)33-2)4-8-24(30)28-14-17-10-18(25)13-19(26)11-17/h3,5-7,9-13,29H,4,8,14,27H2,1-2H3,(H,28,30). The van der Waals surface area contributed by atoms with Crippen LogP contribution in [0.1, 0.15) is 23.1 Å². The van der Waals surface area contributed by atoms with Gasteiger partial charge in [0.15, 0.2) is 0 Å². The molecule has 1 amide bonds. The lowest BCUT2D eigenvalue weighted by Gasteiger charge is -2.14. The molecule has 0 heterocycles. The van der Waals surface area contributed by atoms with E-state index in [1.807, 2.05) is 0 Å². The lowest BCUT2D eigenvalue weighted by atomic mass is 10.1. The molecule has 10 heteroatoms. The Hall–Kier alpha value is -3.66. The number of nitrogens with two attached hydrogens (primary N) is 1. The molecule has 3 aromatic rings. The Kier molecular flexibility index (Phi) is 7.72. The fourth-order valence-corrected chi connectivity index (χ4v) is 4.63. The topological polar surface area (TPSA) is 111 Å². The molecule has 0 unspecified atom stereocenters. The highest BCUT2D eigenvalue weighted by atomic mass is 32.2. The number of hydrogen-bond acceptors (Lipinski definition) is 5. The number of carbonyl (C=O) groups is 1. The number of ether oxygens (including phenoxy) is 1. The highest BCUT2D eigenvalue weighted by Crippen LogP contribution is 2.29. The van der Waals surface area contributed by atoms with Gasteiger partial charge in [0.25, 0.3) is 10.0 Å². The van der Waals surface area contributed by atoms with Gasteiger partial charge < -0.3 is 15.8 Å². The van der Waals surface area contributed by atoms with Gasteiger partial charge in [0.05, 0.1) is 12.8 Å². The fraction of sp³-hybridized carbons (Fsp3) is 0.208. The van der Waals surface area contributed by atoms with E-state index in [1.54, 1.807) is 37.3 Å². The summed E-state index contributed by atoms with van der Waals surface area (Å²) < 4.78 is 60.2. The van der Waals surface area contributed by atoms with Crippen LogP contribution in [0, 0.1) is 18.6 Å². The summed E-state index contributed by atoms with van der Waals surface area (Å²) in [6, 6.07) is 12.5. The minimum absolute atomic E-state index is 0.00968. The number of amides is 1. The molecule has 0 atom stereocenters. The molecule has 0 aliphatic carbocycles. The molecule has 0 spiro atoms. The van der Waals surface area contributed by atoms with E-state index < -0.39 is 21.7 Å². The normalized spacial score (nSPS) is 11.2. The van der Waals surface area contributed by atoms with Gasteiger partial charge in [-0.05, 0) is 72.5 Å². The van der Waals surface area contributed by atoms with E-state index in [2.05, 4.69) is 10.0 Å². The largest absolute Gasteiger partial charge is 0.495 e. The van der Waals surface area contributed by atoms with Crippen LogP contribution in [-0.4, -0.2) is 21.4 Å². The summed E-state index contributed by atoms with van der Waals surface area (Å²) in [5.74, 6) is -1.62. The predicted octanol–water partition coefficient (Wildman–Crippen LogP) is 3.91. The van der Waals surface area contributed by atoms with Gasteiger partial charge in [-0.3, -0.25) is 9.52 Å². The van der Waals surface area contributed by atoms with Gasteiger partial charge in [-0.25, -0.2) is 17.2 Å². The fourth-order valence-electron chi connectivity index (χ4n) is 3.35. The van der Waals surface area contributed by atoms with Crippen LogP contribution in [0.15, 0.2) is 59.5 Å². The van der Waals surface area contributed by atoms with E-state index in [0.717, 1.165) is 18.2 Å². The summed E-state index contributed by atoms with van der Waals surface area (Å²) in [5, 5.41) is 2.61. The number of nitrogens with one attached hydrogen (secondary N) is 2. The summed E-state index contributed by atoms with van der Waals surface area (Å²) in [7, 11) is -2.58. The number of rotatable bonds is 9. The van der Waals surface area contributed by atoms with Gasteiger partial charge in [0, 0.05) is 24.7 Å². The molecular weight excluding hydrogens is 464 g/mol. The van der Waals surface area contributed by atoms with Crippen molar-refractivity contribution >= 4 is 27.3 Å². The highest BCUT2D eigenvalue weighted by molar-refractivity contribution is 7.92. The molecule has 7 nitrogen and oxygen atoms in total. The second-order valence-electron chi connectivity index (χ2n) is 7.72. The van der Waals surface area contributed by atoms with Gasteiger partial charge in [0.2, 0.25) is 5.91 Å². The molecule has 3 rings (SSSR count). The van der Waals surface area contributed by atoms with E-state index in [0.29, 0.717) is 34.5 Å². The Morgan fingerprint density at radius 1 is 1.00 bits per heavy atom. The SMILES string of the molecule is COc1cc(CCC(=O)NCc2cc(F)cc(F)c2)ccc1S(=O)(=O)Nc1ccc(N)cc1C. The number of nitrogen functional groups attached to an aromatic ring is 1. The average molecular weight is 490 g/mol. The van der Waals surface area contributed by atoms with Crippen LogP contribution in [0.2, 0.25) is 0 Å². The van der Waals surface area contributed by atoms with Crippen LogP contribution in [0.25, 0.3) is 0 Å². The van der Waals surface area contributed by atoms with Gasteiger partial charge in [-0.2, -0.15) is 0 Å². The molecule has 3 aromatic carbocycles. The van der Waals surface area contributed by atoms with Gasteiger partial charge in [0.1, 0.15) is 22.3 Å². The first kappa shape index (κ1) is 25.0. The first-order valence-corrected chi connectivity index (χ1v) is 11.8. The van der Waals surface area contributed by atoms with Crippen molar-refractivity contribution in [3.63, 3.8) is 0 Å². The lowest BCUT2D eigenvalue weighted by Crippen LogP contribution is -2.23. The van der Waals surface area contributed by atoms with Crippen LogP contribution >= 0.6 is 0 Å². The molecule has 0 bridgehead atoms. The minimum atomic E-state index is -3.94. The molecule has 0 saturated heterocycles. The number of halogens is 2. The maximum Gasteiger partial charge on any atom is 0.265 e. The summed E-state index contributed by atoms with van der Waals surface area (Å²) in [6.07, 6.45) is 0.403. The van der Waals surface area contributed by atoms with Crippen LogP contribution in [0.5, 0.6) is 5.75 Å². The van der Waals surface area contributed by atoms with Crippen molar-refractivity contribution in [3.8, 4) is 5.75 Å². The third kappa shape index (κ3) is 6.44. The molecule has 180 valence electrons. The van der Waals surface area contributed by atoms with Crippen molar-refractivity contribution in [1.29, 1.82) is 0 Å². The third-order valence-corrected chi connectivity index (χ3v) is 6.47. The van der Waals surface area contributed by atoms with Crippen molar-refractivity contribution in [2.24, 2.45) is 0 Å². The minimum Gasteiger partial charge on any atom is -0.495 e. The van der Waals surface area contributed by atoms with Crippen molar-refractivity contribution in [1.82, 2.24) is 5.32 Å². The van der Waals surface area contributed by atoms with Crippen LogP contribution in [0.4, 0.5) is 20.2 Å². The first-order chi connectivity index (χ1) is 16.1. The molecule has 0 aliphatic heterocycles. The Labute approximate surface area is 197 Å². The summed E-state index contributed by atoms with van der Waals surface area (Å²) in [6.45, 7) is 1.73. The number of methoxy groups -OCH3 is 1. The van der Waals surface area contributed by atoms with Crippen molar-refractivity contribution in [2.75, 3.05) is 17.6 Å². The van der Waals surface area contributed by atoms with Gasteiger partial charge in [-0.15, -0.1) is 0 Å². The number of sulfonamides is 1. The van der Waals surface area contributed by atoms with E-state index in [9.17, 15) is 22.0 Å². The second-order valence-corrected chi connectivity index (χ2v) is 9.37. The van der Waals surface area contributed by atoms with Gasteiger partial charge in [-0.1, -0.05) is 6.07 Å². The molecule has 4 N–H and O–H groups in total. The number of hydrogen-bond donors (Lipinski definition) is 3. The van der Waals surface area contributed by atoms with E-state index in [4.69, 9.17) is 10.5 Å². The Morgan fingerprint density at radius 2 is 1.71 bits per heavy atom. The van der Waals surface area contributed by atoms with Crippen molar-refractivity contribution < 1.29 is 26.7 Å². The van der Waals surface area contributed by atoms with E-state index >= 15 is 0 Å². The summed E-state index contributed by atoms with van der Waals surface area (Å²) >= 11 is 0. The summed E-state index contributed by atoms with van der Waals surface area (Å²) in [4.78, 5) is 12.1. The lowest BCUT2D eigenvalue weighted by molar-refractivity contribution is -0.121. The number of benzene rings is 3. The second kappa shape index (κ2) is 10.5. The molecule has 0 radical (unpaired) electrons. The highest BCUT2D eigenvalue weighted by Gasteiger charge is 2.21. The van der Waals surface area contributed by atoms with E-state index in [1.165, 1.54) is 13.2 Å². The Balaban J connectivity index is 1.65. The average Bonchev–Trinajstić information content (AvgIpc) is 2.77. The molecule has 0 aliphatic rings. The number of anilines is 2. The third-order valence-electron chi connectivity index (χ3n) is 5.07. The molecule has 0 aromatic heterocycles. The maximum atomic E-state index is 13.3. The van der Waals surface area contributed by atoms with Crippen molar-refractivity contribution in [2.45, 2.75) is 31.2 Å². The quantitative estimate of drug-likeness (QED) is 0.395. The Morgan fingerprint density at radius 3 is 2.35 bits per heavy atom. The van der Waals surface area contributed by atoms with Crippen LogP contribution in [-0.2, 0) is 27.8 Å². The molecule has 34 heavy (non-hydrogen) atoms. The van der Waals surface area contributed by atoms with Crippen LogP contribution in [0.3, 0.4) is 0 Å². The zero-order valence-corrected chi connectivity index (χ0v) is 19.5. The van der Waals surface area contributed by atoms with Crippen LogP contribution < -0.4 is 20.5 Å². The molecule has 0 fully saturated rings. The predicted molar refractivity (Wildman–Crippen MR) is 126 cm³/mol. The number of aryl methyl sites for hydroxylation is 2.